The normalized spacial score (nSPS) is 10.2. The average Bonchev–Trinajstić information content (AvgIpc) is 2.47. The lowest BCUT2D eigenvalue weighted by Gasteiger charge is -2.11. The summed E-state index contributed by atoms with van der Waals surface area (Å²) in [7, 11) is 2.89. The molecule has 20 heavy (non-hydrogen) atoms. The largest absolute Gasteiger partial charge is 0.481 e. The number of hydrogen-bond acceptors (Lipinski definition) is 4. The van der Waals surface area contributed by atoms with Crippen LogP contribution in [0.4, 0.5) is 0 Å². The Morgan fingerprint density at radius 2 is 1.90 bits per heavy atom. The minimum Gasteiger partial charge on any atom is -0.481 e. The molecule has 0 spiro atoms. The number of esters is 1. The summed E-state index contributed by atoms with van der Waals surface area (Å²) in [6, 6.07) is 8.85. The zero-order valence-electron chi connectivity index (χ0n) is 11.4. The molecule has 4 nitrogen and oxygen atoms in total. The van der Waals surface area contributed by atoms with Crippen molar-refractivity contribution in [3.63, 3.8) is 0 Å². The van der Waals surface area contributed by atoms with E-state index < -0.39 is 5.97 Å². The molecule has 0 aliphatic carbocycles. The molecular formula is C15H14ClNO3. The lowest BCUT2D eigenvalue weighted by molar-refractivity contribution is 0.0601. The van der Waals surface area contributed by atoms with E-state index in [1.807, 2.05) is 19.1 Å². The molecule has 0 fully saturated rings. The van der Waals surface area contributed by atoms with Crippen LogP contribution in [0.1, 0.15) is 16.1 Å². The van der Waals surface area contributed by atoms with Crippen LogP contribution in [0.15, 0.2) is 30.3 Å². The molecule has 1 aromatic carbocycles. The van der Waals surface area contributed by atoms with Crippen LogP contribution in [0.5, 0.6) is 5.88 Å². The van der Waals surface area contributed by atoms with Gasteiger partial charge in [0.25, 0.3) is 0 Å². The van der Waals surface area contributed by atoms with Gasteiger partial charge in [0.15, 0.2) is 0 Å². The first-order valence-electron chi connectivity index (χ1n) is 5.97. The second-order valence-corrected chi connectivity index (χ2v) is 4.52. The van der Waals surface area contributed by atoms with Crippen LogP contribution in [0, 0.1) is 6.92 Å². The van der Waals surface area contributed by atoms with Gasteiger partial charge in [-0.25, -0.2) is 9.78 Å². The molecule has 0 radical (unpaired) electrons. The maximum atomic E-state index is 11.7. The summed E-state index contributed by atoms with van der Waals surface area (Å²) in [5.74, 6) is 0.0717. The summed E-state index contributed by atoms with van der Waals surface area (Å²) < 4.78 is 9.79. The van der Waals surface area contributed by atoms with Gasteiger partial charge in [0.1, 0.15) is 0 Å². The van der Waals surface area contributed by atoms with Crippen LogP contribution in [0.25, 0.3) is 11.1 Å². The fraction of sp³-hybridized carbons (Fsp3) is 0.200. The Hall–Kier alpha value is -2.07. The van der Waals surface area contributed by atoms with Crippen molar-refractivity contribution in [1.29, 1.82) is 0 Å². The molecule has 1 aromatic heterocycles. The maximum absolute atomic E-state index is 11.7. The van der Waals surface area contributed by atoms with Gasteiger partial charge in [-0.2, -0.15) is 0 Å². The summed E-state index contributed by atoms with van der Waals surface area (Å²) >= 11 is 6.30. The lowest BCUT2D eigenvalue weighted by Crippen LogP contribution is -2.03. The average molecular weight is 292 g/mol. The summed E-state index contributed by atoms with van der Waals surface area (Å²) in [6.07, 6.45) is 0. The molecule has 0 saturated carbocycles. The van der Waals surface area contributed by atoms with E-state index in [1.54, 1.807) is 25.3 Å². The summed E-state index contributed by atoms with van der Waals surface area (Å²) in [5, 5.41) is 0.356. The second-order valence-electron chi connectivity index (χ2n) is 4.15. The summed E-state index contributed by atoms with van der Waals surface area (Å²) in [4.78, 5) is 16.0. The zero-order chi connectivity index (χ0) is 14.7. The molecule has 0 amide bonds. The van der Waals surface area contributed by atoms with Gasteiger partial charge in [-0.3, -0.25) is 0 Å². The second kappa shape index (κ2) is 5.92. The van der Waals surface area contributed by atoms with Crippen LogP contribution in [0.3, 0.4) is 0 Å². The molecule has 2 aromatic rings. The van der Waals surface area contributed by atoms with Crippen molar-refractivity contribution < 1.29 is 14.3 Å². The molecular weight excluding hydrogens is 278 g/mol. The standard InChI is InChI=1S/C15H14ClNO3/c1-9-10(7-8-13(17-9)19-2)11-5-4-6-12(14(11)16)15(18)20-3/h4-8H,1-3H3. The SMILES string of the molecule is COC(=O)c1cccc(-c2ccc(OC)nc2C)c1Cl. The molecule has 0 saturated heterocycles. The highest BCUT2D eigenvalue weighted by Crippen LogP contribution is 2.33. The Labute approximate surface area is 122 Å². The zero-order valence-corrected chi connectivity index (χ0v) is 12.2. The van der Waals surface area contributed by atoms with Crippen LogP contribution >= 0.6 is 11.6 Å². The maximum Gasteiger partial charge on any atom is 0.339 e. The highest BCUT2D eigenvalue weighted by Gasteiger charge is 2.16. The third-order valence-electron chi connectivity index (χ3n) is 2.96. The topological polar surface area (TPSA) is 48.4 Å². The van der Waals surface area contributed by atoms with Crippen LogP contribution in [-0.4, -0.2) is 25.2 Å². The smallest absolute Gasteiger partial charge is 0.339 e. The monoisotopic (exact) mass is 291 g/mol. The Morgan fingerprint density at radius 1 is 1.15 bits per heavy atom. The molecule has 0 atom stereocenters. The third-order valence-corrected chi connectivity index (χ3v) is 3.37. The Balaban J connectivity index is 2.56. The van der Waals surface area contributed by atoms with Gasteiger partial charge in [-0.05, 0) is 19.1 Å². The summed E-state index contributed by atoms with van der Waals surface area (Å²) in [6.45, 7) is 1.86. The molecule has 0 N–H and O–H groups in total. The van der Waals surface area contributed by atoms with Crippen molar-refractivity contribution in [3.05, 3.63) is 46.6 Å². The molecule has 1 heterocycles. The Bertz CT molecular complexity index is 656. The van der Waals surface area contributed by atoms with E-state index in [2.05, 4.69) is 4.98 Å². The van der Waals surface area contributed by atoms with Gasteiger partial charge in [0.2, 0.25) is 5.88 Å². The Kier molecular flexibility index (Phi) is 4.25. The predicted octanol–water partition coefficient (Wildman–Crippen LogP) is 3.51. The van der Waals surface area contributed by atoms with Gasteiger partial charge < -0.3 is 9.47 Å². The van der Waals surface area contributed by atoms with E-state index in [9.17, 15) is 4.79 Å². The number of aryl methyl sites for hydroxylation is 1. The molecule has 104 valence electrons. The van der Waals surface area contributed by atoms with E-state index in [0.717, 1.165) is 16.8 Å². The first-order chi connectivity index (χ1) is 9.58. The molecule has 0 aliphatic heterocycles. The number of nitrogens with zero attached hydrogens (tertiary/aromatic N) is 1. The van der Waals surface area contributed by atoms with Crippen LogP contribution in [0.2, 0.25) is 5.02 Å². The van der Waals surface area contributed by atoms with Crippen molar-refractivity contribution in [2.24, 2.45) is 0 Å². The van der Waals surface area contributed by atoms with E-state index in [4.69, 9.17) is 21.1 Å². The lowest BCUT2D eigenvalue weighted by atomic mass is 10.0. The van der Waals surface area contributed by atoms with Crippen LogP contribution in [-0.2, 0) is 4.74 Å². The highest BCUT2D eigenvalue weighted by atomic mass is 35.5. The number of methoxy groups -OCH3 is 2. The van der Waals surface area contributed by atoms with E-state index in [0.29, 0.717) is 16.5 Å². The quantitative estimate of drug-likeness (QED) is 0.812. The number of halogens is 1. The van der Waals surface area contributed by atoms with E-state index >= 15 is 0 Å². The number of benzene rings is 1. The van der Waals surface area contributed by atoms with Crippen molar-refractivity contribution in [1.82, 2.24) is 4.98 Å². The van der Waals surface area contributed by atoms with Crippen molar-refractivity contribution in [2.75, 3.05) is 14.2 Å². The van der Waals surface area contributed by atoms with Crippen molar-refractivity contribution in [2.45, 2.75) is 6.92 Å². The molecule has 2 rings (SSSR count). The van der Waals surface area contributed by atoms with Gasteiger partial charge >= 0.3 is 5.97 Å². The first-order valence-corrected chi connectivity index (χ1v) is 6.35. The molecule has 5 heteroatoms. The van der Waals surface area contributed by atoms with E-state index in [1.165, 1.54) is 7.11 Å². The van der Waals surface area contributed by atoms with E-state index in [-0.39, 0.29) is 0 Å². The van der Waals surface area contributed by atoms with Gasteiger partial charge in [-0.15, -0.1) is 0 Å². The van der Waals surface area contributed by atoms with Gasteiger partial charge in [0, 0.05) is 22.9 Å². The number of carbonyl (C=O) groups is 1. The minimum atomic E-state index is -0.462. The number of pyridine rings is 1. The Morgan fingerprint density at radius 3 is 2.50 bits per heavy atom. The van der Waals surface area contributed by atoms with Crippen molar-refractivity contribution >= 4 is 17.6 Å². The number of hydrogen-bond donors (Lipinski definition) is 0. The first kappa shape index (κ1) is 14.3. The number of rotatable bonds is 3. The summed E-state index contributed by atoms with van der Waals surface area (Å²) in [5.41, 5.74) is 2.69. The van der Waals surface area contributed by atoms with Gasteiger partial charge in [-0.1, -0.05) is 23.7 Å². The molecule has 0 aliphatic rings. The third kappa shape index (κ3) is 2.60. The number of aromatic nitrogens is 1. The molecule has 0 unspecified atom stereocenters. The minimum absolute atomic E-state index is 0.335. The van der Waals surface area contributed by atoms with Gasteiger partial charge in [0.05, 0.1) is 24.8 Å². The molecule has 0 bridgehead atoms. The number of carbonyl (C=O) groups excluding carboxylic acids is 1. The van der Waals surface area contributed by atoms with Crippen LogP contribution < -0.4 is 4.74 Å². The predicted molar refractivity (Wildman–Crippen MR) is 77.3 cm³/mol. The number of ether oxygens (including phenoxy) is 2. The fourth-order valence-electron chi connectivity index (χ4n) is 1.94. The fourth-order valence-corrected chi connectivity index (χ4v) is 2.25. The van der Waals surface area contributed by atoms with Crippen molar-refractivity contribution in [3.8, 4) is 17.0 Å². The highest BCUT2D eigenvalue weighted by molar-refractivity contribution is 6.36.